The summed E-state index contributed by atoms with van der Waals surface area (Å²) in [5, 5.41) is 9.29. The molecule has 130 valence electrons. The van der Waals surface area contributed by atoms with Crippen LogP contribution in [0.15, 0.2) is 59.5 Å². The summed E-state index contributed by atoms with van der Waals surface area (Å²) >= 11 is 1.48. The Labute approximate surface area is 153 Å². The van der Waals surface area contributed by atoms with E-state index in [2.05, 4.69) is 0 Å². The fourth-order valence-electron chi connectivity index (χ4n) is 2.16. The Hall–Kier alpha value is -1.69. The van der Waals surface area contributed by atoms with Gasteiger partial charge in [0.05, 0.1) is 5.75 Å². The summed E-state index contributed by atoms with van der Waals surface area (Å²) < 4.78 is 0. The van der Waals surface area contributed by atoms with Gasteiger partial charge < -0.3 is 15.7 Å². The lowest BCUT2D eigenvalue weighted by Gasteiger charge is -2.22. The molecule has 2 aromatic rings. The van der Waals surface area contributed by atoms with Crippen LogP contribution in [0.25, 0.3) is 0 Å². The summed E-state index contributed by atoms with van der Waals surface area (Å²) in [6, 6.07) is 16.9. The molecule has 3 N–H and O–H groups in total. The third-order valence-electron chi connectivity index (χ3n) is 3.40. The van der Waals surface area contributed by atoms with Crippen LogP contribution < -0.4 is 5.73 Å². The first-order valence-corrected chi connectivity index (χ1v) is 8.61. The molecule has 0 heterocycles. The molecular weight excluding hydrogens is 344 g/mol. The lowest BCUT2D eigenvalue weighted by molar-refractivity contribution is -0.129. The van der Waals surface area contributed by atoms with Crippen LogP contribution >= 0.6 is 24.2 Å². The van der Waals surface area contributed by atoms with Gasteiger partial charge in [0, 0.05) is 18.0 Å². The number of carbonyl (C=O) groups excluding carboxylic acids is 1. The topological polar surface area (TPSA) is 66.6 Å². The van der Waals surface area contributed by atoms with Gasteiger partial charge in [-0.05, 0) is 42.8 Å². The van der Waals surface area contributed by atoms with Crippen molar-refractivity contribution >= 4 is 30.1 Å². The first-order chi connectivity index (χ1) is 11.2. The molecule has 4 nitrogen and oxygen atoms in total. The smallest absolute Gasteiger partial charge is 0.233 e. The molecule has 0 aromatic heterocycles. The Balaban J connectivity index is 0.00000288. The number of hydrogen-bond donors (Lipinski definition) is 2. The molecule has 2 rings (SSSR count). The third-order valence-corrected chi connectivity index (χ3v) is 4.40. The molecule has 0 bridgehead atoms. The third kappa shape index (κ3) is 6.83. The van der Waals surface area contributed by atoms with E-state index in [1.54, 1.807) is 12.1 Å². The number of benzene rings is 2. The molecule has 0 fully saturated rings. The van der Waals surface area contributed by atoms with E-state index < -0.39 is 0 Å². The second-order valence-corrected chi connectivity index (χ2v) is 6.27. The Kier molecular flexibility index (Phi) is 9.30. The summed E-state index contributed by atoms with van der Waals surface area (Å²) in [5.41, 5.74) is 6.70. The summed E-state index contributed by atoms with van der Waals surface area (Å²) in [6.45, 7) is 1.85. The molecule has 6 heteroatoms. The minimum absolute atomic E-state index is 0. The van der Waals surface area contributed by atoms with Crippen molar-refractivity contribution in [3.8, 4) is 5.75 Å². The van der Waals surface area contributed by atoms with Crippen LogP contribution in [0.3, 0.4) is 0 Å². The maximum atomic E-state index is 12.5. The fourth-order valence-corrected chi connectivity index (χ4v) is 2.96. The summed E-state index contributed by atoms with van der Waals surface area (Å²) in [5.74, 6) is 0.706. The van der Waals surface area contributed by atoms with Crippen molar-refractivity contribution in [1.29, 1.82) is 0 Å². The molecule has 0 aliphatic heterocycles. The molecule has 0 saturated heterocycles. The number of nitrogens with zero attached hydrogens (tertiary/aromatic N) is 1. The van der Waals surface area contributed by atoms with Gasteiger partial charge in [-0.2, -0.15) is 0 Å². The van der Waals surface area contributed by atoms with Crippen LogP contribution in [-0.2, 0) is 11.3 Å². The van der Waals surface area contributed by atoms with Crippen LogP contribution in [-0.4, -0.2) is 34.8 Å². The van der Waals surface area contributed by atoms with E-state index >= 15 is 0 Å². The standard InChI is InChI=1S/C18H22N2O2S.ClH/c19-11-4-12-20(13-15-5-2-1-3-6-15)18(22)14-23-17-9-7-16(21)8-10-17;/h1-3,5-10,21H,4,11-14,19H2;1H. The highest BCUT2D eigenvalue weighted by Crippen LogP contribution is 2.21. The first kappa shape index (κ1) is 20.4. The SMILES string of the molecule is Cl.NCCCN(Cc1ccccc1)C(=O)CSc1ccc(O)cc1. The van der Waals surface area contributed by atoms with E-state index in [0.29, 0.717) is 25.4 Å². The largest absolute Gasteiger partial charge is 0.508 e. The molecule has 0 radical (unpaired) electrons. The fraction of sp³-hybridized carbons (Fsp3) is 0.278. The average Bonchev–Trinajstić information content (AvgIpc) is 2.58. The number of hydrogen-bond acceptors (Lipinski definition) is 4. The van der Waals surface area contributed by atoms with E-state index in [-0.39, 0.29) is 24.1 Å². The van der Waals surface area contributed by atoms with Gasteiger partial charge in [-0.1, -0.05) is 30.3 Å². The summed E-state index contributed by atoms with van der Waals surface area (Å²) in [7, 11) is 0. The van der Waals surface area contributed by atoms with Crippen LogP contribution in [0, 0.1) is 0 Å². The minimum Gasteiger partial charge on any atom is -0.508 e. The number of phenols is 1. The van der Waals surface area contributed by atoms with Crippen LogP contribution in [0.1, 0.15) is 12.0 Å². The predicted molar refractivity (Wildman–Crippen MR) is 102 cm³/mol. The van der Waals surface area contributed by atoms with Crippen molar-refractivity contribution in [1.82, 2.24) is 4.90 Å². The van der Waals surface area contributed by atoms with Crippen molar-refractivity contribution < 1.29 is 9.90 Å². The lowest BCUT2D eigenvalue weighted by atomic mass is 10.2. The quantitative estimate of drug-likeness (QED) is 0.703. The highest BCUT2D eigenvalue weighted by atomic mass is 35.5. The van der Waals surface area contributed by atoms with E-state index in [1.807, 2.05) is 47.4 Å². The zero-order chi connectivity index (χ0) is 16.5. The van der Waals surface area contributed by atoms with Crippen LogP contribution in [0.5, 0.6) is 5.75 Å². The average molecular weight is 367 g/mol. The number of rotatable bonds is 8. The second-order valence-electron chi connectivity index (χ2n) is 5.23. The predicted octanol–water partition coefficient (Wildman–Crippen LogP) is 3.28. The molecule has 0 unspecified atom stereocenters. The number of halogens is 1. The second kappa shape index (κ2) is 11.0. The summed E-state index contributed by atoms with van der Waals surface area (Å²) in [6.07, 6.45) is 0.794. The first-order valence-electron chi connectivity index (χ1n) is 7.62. The Morgan fingerprint density at radius 1 is 1.08 bits per heavy atom. The van der Waals surface area contributed by atoms with Gasteiger partial charge in [0.15, 0.2) is 0 Å². The maximum Gasteiger partial charge on any atom is 0.233 e. The van der Waals surface area contributed by atoms with Crippen molar-refractivity contribution in [2.45, 2.75) is 17.9 Å². The molecule has 2 aromatic carbocycles. The Morgan fingerprint density at radius 3 is 2.38 bits per heavy atom. The van der Waals surface area contributed by atoms with Gasteiger partial charge in [0.1, 0.15) is 5.75 Å². The highest BCUT2D eigenvalue weighted by Gasteiger charge is 2.14. The van der Waals surface area contributed by atoms with Gasteiger partial charge in [-0.25, -0.2) is 0 Å². The molecule has 0 saturated carbocycles. The van der Waals surface area contributed by atoms with Crippen molar-refractivity contribution in [3.63, 3.8) is 0 Å². The van der Waals surface area contributed by atoms with Crippen molar-refractivity contribution in [3.05, 3.63) is 60.2 Å². The van der Waals surface area contributed by atoms with E-state index in [4.69, 9.17) is 5.73 Å². The van der Waals surface area contributed by atoms with Gasteiger partial charge in [0.25, 0.3) is 0 Å². The lowest BCUT2D eigenvalue weighted by Crippen LogP contribution is -2.33. The van der Waals surface area contributed by atoms with Gasteiger partial charge in [-0.15, -0.1) is 24.2 Å². The minimum atomic E-state index is 0. The molecule has 0 spiro atoms. The van der Waals surface area contributed by atoms with Gasteiger partial charge in [0.2, 0.25) is 5.91 Å². The van der Waals surface area contributed by atoms with E-state index in [1.165, 1.54) is 11.8 Å². The Morgan fingerprint density at radius 2 is 1.75 bits per heavy atom. The van der Waals surface area contributed by atoms with Crippen molar-refractivity contribution in [2.24, 2.45) is 5.73 Å². The monoisotopic (exact) mass is 366 g/mol. The van der Waals surface area contributed by atoms with E-state index in [9.17, 15) is 9.90 Å². The Bertz CT molecular complexity index is 608. The molecule has 1 amide bonds. The normalized spacial score (nSPS) is 10.0. The number of carbonyl (C=O) groups is 1. The molecule has 0 aliphatic carbocycles. The zero-order valence-electron chi connectivity index (χ0n) is 13.4. The van der Waals surface area contributed by atoms with Crippen LogP contribution in [0.4, 0.5) is 0 Å². The zero-order valence-corrected chi connectivity index (χ0v) is 15.1. The van der Waals surface area contributed by atoms with Gasteiger partial charge in [-0.3, -0.25) is 4.79 Å². The number of phenolic OH excluding ortho intramolecular Hbond substituents is 1. The molecule has 0 aliphatic rings. The molecule has 0 atom stereocenters. The number of amides is 1. The number of nitrogens with two attached hydrogens (primary N) is 1. The highest BCUT2D eigenvalue weighted by molar-refractivity contribution is 8.00. The van der Waals surface area contributed by atoms with Crippen LogP contribution in [0.2, 0.25) is 0 Å². The van der Waals surface area contributed by atoms with E-state index in [0.717, 1.165) is 16.9 Å². The summed E-state index contributed by atoms with van der Waals surface area (Å²) in [4.78, 5) is 15.3. The van der Waals surface area contributed by atoms with Gasteiger partial charge >= 0.3 is 0 Å². The number of thioether (sulfide) groups is 1. The number of aromatic hydroxyl groups is 1. The molecule has 24 heavy (non-hydrogen) atoms. The van der Waals surface area contributed by atoms with Crippen molar-refractivity contribution in [2.75, 3.05) is 18.8 Å². The molecular formula is C18H23ClN2O2S. The maximum absolute atomic E-state index is 12.5.